The summed E-state index contributed by atoms with van der Waals surface area (Å²) in [7, 11) is 0. The molecule has 4 bridgehead atoms. The van der Waals surface area contributed by atoms with Crippen molar-refractivity contribution in [3.63, 3.8) is 0 Å². The quantitative estimate of drug-likeness (QED) is 0.675. The van der Waals surface area contributed by atoms with Crippen molar-refractivity contribution >= 4 is 17.6 Å². The van der Waals surface area contributed by atoms with Gasteiger partial charge in [0.2, 0.25) is 0 Å². The van der Waals surface area contributed by atoms with Crippen LogP contribution in [-0.2, 0) is 10.2 Å². The average Bonchev–Trinajstić information content (AvgIpc) is 2.78. The van der Waals surface area contributed by atoms with Crippen LogP contribution in [0.2, 0.25) is 0 Å². The lowest BCUT2D eigenvalue weighted by Crippen LogP contribution is -2.48. The third kappa shape index (κ3) is 3.65. The Hall–Kier alpha value is -2.33. The first-order valence-electron chi connectivity index (χ1n) is 12.0. The van der Waals surface area contributed by atoms with E-state index in [0.29, 0.717) is 11.2 Å². The van der Waals surface area contributed by atoms with Crippen LogP contribution in [0.5, 0.6) is 5.75 Å². The first-order valence-corrected chi connectivity index (χ1v) is 12.0. The molecule has 5 aliphatic rings. The highest BCUT2D eigenvalue weighted by atomic mass is 16.5. The van der Waals surface area contributed by atoms with Crippen molar-refractivity contribution in [3.05, 3.63) is 53.6 Å². The zero-order chi connectivity index (χ0) is 20.8. The van der Waals surface area contributed by atoms with Crippen molar-refractivity contribution in [3.8, 4) is 5.75 Å². The van der Waals surface area contributed by atoms with Crippen LogP contribution in [0.4, 0.5) is 11.4 Å². The Morgan fingerprint density at radius 3 is 2.19 bits per heavy atom. The summed E-state index contributed by atoms with van der Waals surface area (Å²) in [5, 5.41) is 10.5. The van der Waals surface area contributed by atoms with E-state index in [2.05, 4.69) is 46.3 Å². The van der Waals surface area contributed by atoms with Crippen LogP contribution in [0.3, 0.4) is 0 Å². The molecule has 2 aromatic rings. The van der Waals surface area contributed by atoms with Crippen molar-refractivity contribution < 1.29 is 9.84 Å². The summed E-state index contributed by atoms with van der Waals surface area (Å²) >= 11 is 0. The molecule has 2 aromatic carbocycles. The maximum Gasteiger partial charge on any atom is 0.124 e. The standard InChI is InChI=1S/C27H32N2O2/c30-26-6-1-23(27-15-19-11-20(16-27)13-21(12-19)17-27)14-22(26)18-28-24-2-4-25(5-3-24)29-7-9-31-10-8-29/h1-6,14,18-21,30H,7-13,15-17H2. The number of benzene rings is 2. The number of phenols is 1. The van der Waals surface area contributed by atoms with Gasteiger partial charge in [-0.15, -0.1) is 0 Å². The Bertz CT molecular complexity index is 940. The van der Waals surface area contributed by atoms with E-state index < -0.39 is 0 Å². The molecule has 162 valence electrons. The predicted octanol–water partition coefficient (Wildman–Crippen LogP) is 5.45. The summed E-state index contributed by atoms with van der Waals surface area (Å²) in [5.41, 5.74) is 4.73. The molecule has 7 rings (SSSR count). The van der Waals surface area contributed by atoms with Gasteiger partial charge < -0.3 is 14.7 Å². The maximum absolute atomic E-state index is 10.5. The van der Waals surface area contributed by atoms with Crippen LogP contribution in [0.1, 0.15) is 49.7 Å². The monoisotopic (exact) mass is 416 g/mol. The van der Waals surface area contributed by atoms with E-state index in [9.17, 15) is 5.11 Å². The summed E-state index contributed by atoms with van der Waals surface area (Å²) < 4.78 is 5.44. The normalized spacial score (nSPS) is 32.1. The lowest BCUT2D eigenvalue weighted by Gasteiger charge is -2.57. The second-order valence-corrected chi connectivity index (χ2v) is 10.3. The van der Waals surface area contributed by atoms with Gasteiger partial charge >= 0.3 is 0 Å². The van der Waals surface area contributed by atoms with Crippen LogP contribution in [0.15, 0.2) is 47.5 Å². The van der Waals surface area contributed by atoms with Gasteiger partial charge in [-0.25, -0.2) is 0 Å². The van der Waals surface area contributed by atoms with E-state index in [0.717, 1.165) is 55.3 Å². The van der Waals surface area contributed by atoms with Crippen molar-refractivity contribution in [2.24, 2.45) is 22.7 Å². The van der Waals surface area contributed by atoms with Crippen LogP contribution < -0.4 is 4.90 Å². The first-order chi connectivity index (χ1) is 15.2. The fraction of sp³-hybridized carbons (Fsp3) is 0.519. The van der Waals surface area contributed by atoms with E-state index in [1.165, 1.54) is 49.8 Å². The smallest absolute Gasteiger partial charge is 0.124 e. The number of ether oxygens (including phenoxy) is 1. The molecule has 5 fully saturated rings. The van der Waals surface area contributed by atoms with E-state index in [4.69, 9.17) is 4.74 Å². The number of aliphatic imine (C=N–C) groups is 1. The number of hydrogen-bond donors (Lipinski definition) is 1. The number of phenolic OH excluding ortho intramolecular Hbond substituents is 1. The van der Waals surface area contributed by atoms with Gasteiger partial charge in [0.15, 0.2) is 0 Å². The van der Waals surface area contributed by atoms with Gasteiger partial charge in [0.1, 0.15) is 5.75 Å². The minimum absolute atomic E-state index is 0.321. The number of anilines is 1. The fourth-order valence-electron chi connectivity index (χ4n) is 7.17. The average molecular weight is 417 g/mol. The third-order valence-corrected chi connectivity index (χ3v) is 8.26. The highest BCUT2D eigenvalue weighted by Gasteiger charge is 2.51. The Morgan fingerprint density at radius 2 is 1.55 bits per heavy atom. The molecular formula is C27H32N2O2. The maximum atomic E-state index is 10.5. The summed E-state index contributed by atoms with van der Waals surface area (Å²) in [5.74, 6) is 3.08. The minimum atomic E-state index is 0.321. The number of aromatic hydroxyl groups is 1. The third-order valence-electron chi connectivity index (χ3n) is 8.26. The van der Waals surface area contributed by atoms with Crippen molar-refractivity contribution in [2.75, 3.05) is 31.2 Å². The Labute approximate surface area is 185 Å². The Morgan fingerprint density at radius 1 is 0.903 bits per heavy atom. The van der Waals surface area contributed by atoms with E-state index in [1.54, 1.807) is 0 Å². The molecule has 4 heteroatoms. The molecule has 0 aromatic heterocycles. The molecule has 4 aliphatic carbocycles. The van der Waals surface area contributed by atoms with Crippen LogP contribution >= 0.6 is 0 Å². The molecule has 0 unspecified atom stereocenters. The lowest BCUT2D eigenvalue weighted by molar-refractivity contribution is -0.00520. The Kier molecular flexibility index (Phi) is 4.79. The molecule has 1 N–H and O–H groups in total. The van der Waals surface area contributed by atoms with Gasteiger partial charge in [0.25, 0.3) is 0 Å². The van der Waals surface area contributed by atoms with E-state index in [1.807, 2.05) is 12.3 Å². The SMILES string of the molecule is Oc1ccc(C23CC4CC(CC(C4)C2)C3)cc1C=Nc1ccc(N2CCOCC2)cc1. The van der Waals surface area contributed by atoms with Crippen molar-refractivity contribution in [1.82, 2.24) is 0 Å². The summed E-state index contributed by atoms with van der Waals surface area (Å²) in [6, 6.07) is 14.7. The van der Waals surface area contributed by atoms with Gasteiger partial charge in [-0.05, 0) is 104 Å². The molecule has 1 saturated heterocycles. The molecule has 0 atom stereocenters. The van der Waals surface area contributed by atoms with Crippen LogP contribution in [0.25, 0.3) is 0 Å². The minimum Gasteiger partial charge on any atom is -0.507 e. The van der Waals surface area contributed by atoms with Gasteiger partial charge in [-0.2, -0.15) is 0 Å². The second kappa shape index (κ2) is 7.67. The second-order valence-electron chi connectivity index (χ2n) is 10.3. The van der Waals surface area contributed by atoms with Crippen LogP contribution in [0, 0.1) is 17.8 Å². The van der Waals surface area contributed by atoms with Crippen molar-refractivity contribution in [1.29, 1.82) is 0 Å². The first kappa shape index (κ1) is 19.4. The topological polar surface area (TPSA) is 45.1 Å². The van der Waals surface area contributed by atoms with Gasteiger partial charge in [0.05, 0.1) is 18.9 Å². The predicted molar refractivity (Wildman–Crippen MR) is 125 cm³/mol. The van der Waals surface area contributed by atoms with E-state index >= 15 is 0 Å². The zero-order valence-electron chi connectivity index (χ0n) is 18.2. The summed E-state index contributed by atoms with van der Waals surface area (Å²) in [6.07, 6.45) is 10.2. The molecular weight excluding hydrogens is 384 g/mol. The van der Waals surface area contributed by atoms with Crippen LogP contribution in [-0.4, -0.2) is 37.6 Å². The number of hydrogen-bond acceptors (Lipinski definition) is 4. The largest absolute Gasteiger partial charge is 0.507 e. The number of morpholine rings is 1. The zero-order valence-corrected chi connectivity index (χ0v) is 18.2. The van der Waals surface area contributed by atoms with Crippen molar-refractivity contribution in [2.45, 2.75) is 43.9 Å². The van der Waals surface area contributed by atoms with Gasteiger partial charge in [-0.1, -0.05) is 6.07 Å². The van der Waals surface area contributed by atoms with Gasteiger partial charge in [0, 0.05) is 30.6 Å². The molecule has 4 nitrogen and oxygen atoms in total. The molecule has 31 heavy (non-hydrogen) atoms. The highest BCUT2D eigenvalue weighted by Crippen LogP contribution is 2.60. The number of rotatable bonds is 4. The van der Waals surface area contributed by atoms with E-state index in [-0.39, 0.29) is 0 Å². The Balaban J connectivity index is 1.22. The lowest BCUT2D eigenvalue weighted by atomic mass is 9.48. The molecule has 0 radical (unpaired) electrons. The molecule has 1 heterocycles. The highest BCUT2D eigenvalue weighted by molar-refractivity contribution is 5.85. The molecule has 0 amide bonds. The molecule has 0 spiro atoms. The summed E-state index contributed by atoms with van der Waals surface area (Å²) in [6.45, 7) is 3.46. The summed E-state index contributed by atoms with van der Waals surface area (Å²) in [4.78, 5) is 7.03. The molecule has 4 saturated carbocycles. The number of nitrogens with zero attached hydrogens (tertiary/aromatic N) is 2. The molecule has 1 aliphatic heterocycles. The fourth-order valence-corrected chi connectivity index (χ4v) is 7.17. The van der Waals surface area contributed by atoms with Gasteiger partial charge in [-0.3, -0.25) is 4.99 Å².